The molecule has 142 valence electrons. The van der Waals surface area contributed by atoms with Crippen LogP contribution in [0.25, 0.3) is 0 Å². The zero-order chi connectivity index (χ0) is 17.3. The second-order valence-electron chi connectivity index (χ2n) is 7.76. The Morgan fingerprint density at radius 2 is 1.81 bits per heavy atom. The van der Waals surface area contributed by atoms with E-state index in [1.807, 2.05) is 29.2 Å². The third-order valence-corrected chi connectivity index (χ3v) is 6.27. The second-order valence-corrected chi connectivity index (χ2v) is 7.76. The van der Waals surface area contributed by atoms with E-state index in [0.717, 1.165) is 64.0 Å². The lowest BCUT2D eigenvalue weighted by Crippen LogP contribution is -2.44. The van der Waals surface area contributed by atoms with Gasteiger partial charge in [-0.2, -0.15) is 0 Å². The van der Waals surface area contributed by atoms with Crippen LogP contribution in [0.4, 0.5) is 5.69 Å². The van der Waals surface area contributed by atoms with Crippen molar-refractivity contribution in [3.8, 4) is 0 Å². The van der Waals surface area contributed by atoms with Crippen LogP contribution in [-0.2, 0) is 4.79 Å². The molecule has 0 radical (unpaired) electrons. The maximum atomic E-state index is 13.0. The van der Waals surface area contributed by atoms with Crippen molar-refractivity contribution in [2.45, 2.75) is 38.5 Å². The molecule has 0 bridgehead atoms. The first-order chi connectivity index (χ1) is 12.2. The van der Waals surface area contributed by atoms with Crippen LogP contribution >= 0.6 is 12.4 Å². The molecule has 2 aliphatic heterocycles. The fourth-order valence-corrected chi connectivity index (χ4v) is 4.74. The molecule has 2 amide bonds. The predicted molar refractivity (Wildman–Crippen MR) is 105 cm³/mol. The first kappa shape index (κ1) is 19.2. The van der Waals surface area contributed by atoms with Gasteiger partial charge in [0.2, 0.25) is 5.91 Å². The quantitative estimate of drug-likeness (QED) is 0.851. The summed E-state index contributed by atoms with van der Waals surface area (Å²) in [6.07, 6.45) is 6.67. The highest BCUT2D eigenvalue weighted by atomic mass is 35.5. The average Bonchev–Trinajstić information content (AvgIpc) is 3.32. The molecule has 0 unspecified atom stereocenters. The lowest BCUT2D eigenvalue weighted by atomic mass is 9.67. The summed E-state index contributed by atoms with van der Waals surface area (Å²) in [7, 11) is 0. The fraction of sp³-hybridized carbons (Fsp3) is 0.600. The van der Waals surface area contributed by atoms with Crippen LogP contribution in [0.5, 0.6) is 0 Å². The largest absolute Gasteiger partial charge is 0.339 e. The van der Waals surface area contributed by atoms with Gasteiger partial charge in [-0.05, 0) is 62.4 Å². The Labute approximate surface area is 161 Å². The molecular formula is C20H28ClN3O2. The molecule has 2 atom stereocenters. The number of halogens is 1. The van der Waals surface area contributed by atoms with Gasteiger partial charge in [-0.1, -0.05) is 12.8 Å². The van der Waals surface area contributed by atoms with Crippen molar-refractivity contribution >= 4 is 29.9 Å². The summed E-state index contributed by atoms with van der Waals surface area (Å²) in [5, 5.41) is 6.52. The van der Waals surface area contributed by atoms with E-state index >= 15 is 0 Å². The Morgan fingerprint density at radius 1 is 1.08 bits per heavy atom. The number of hydrogen-bond donors (Lipinski definition) is 2. The minimum atomic E-state index is -0.248. The van der Waals surface area contributed by atoms with Gasteiger partial charge in [0.1, 0.15) is 0 Å². The highest BCUT2D eigenvalue weighted by Crippen LogP contribution is 2.44. The van der Waals surface area contributed by atoms with Gasteiger partial charge in [0.25, 0.3) is 5.91 Å². The van der Waals surface area contributed by atoms with Crippen LogP contribution in [0.15, 0.2) is 24.3 Å². The van der Waals surface area contributed by atoms with Gasteiger partial charge < -0.3 is 15.5 Å². The Bertz CT molecular complexity index is 658. The lowest BCUT2D eigenvalue weighted by molar-refractivity contribution is -0.128. The van der Waals surface area contributed by atoms with Crippen LogP contribution < -0.4 is 10.6 Å². The minimum Gasteiger partial charge on any atom is -0.339 e. The third-order valence-electron chi connectivity index (χ3n) is 6.27. The molecule has 3 aliphatic rings. The second kappa shape index (κ2) is 7.97. The molecule has 1 aromatic carbocycles. The number of nitrogens with zero attached hydrogens (tertiary/aromatic N) is 1. The summed E-state index contributed by atoms with van der Waals surface area (Å²) in [5.74, 6) is 0.694. The lowest BCUT2D eigenvalue weighted by Gasteiger charge is -2.37. The Balaban J connectivity index is 0.00000196. The number of fused-ring (bicyclic) bond motifs is 1. The standard InChI is InChI=1S/C20H27N3O2.ClH/c24-18(23-11-3-4-12-23)15-6-8-17(9-7-15)22-19(25)20-10-2-1-5-16(20)13-21-14-20;/h6-9,16,21H,1-5,10-14H2,(H,22,25);1H/t16-,20+;/m0./s1. The number of benzene rings is 1. The molecule has 2 heterocycles. The van der Waals surface area contributed by atoms with E-state index in [9.17, 15) is 9.59 Å². The smallest absolute Gasteiger partial charge is 0.253 e. The van der Waals surface area contributed by atoms with Crippen LogP contribution in [0, 0.1) is 11.3 Å². The van der Waals surface area contributed by atoms with E-state index in [1.165, 1.54) is 6.42 Å². The van der Waals surface area contributed by atoms with Gasteiger partial charge in [0, 0.05) is 30.9 Å². The van der Waals surface area contributed by atoms with Crippen molar-refractivity contribution in [3.05, 3.63) is 29.8 Å². The molecule has 2 saturated heterocycles. The molecular weight excluding hydrogens is 350 g/mol. The van der Waals surface area contributed by atoms with E-state index in [-0.39, 0.29) is 29.6 Å². The number of carbonyl (C=O) groups is 2. The van der Waals surface area contributed by atoms with Crippen molar-refractivity contribution in [2.24, 2.45) is 11.3 Å². The number of amides is 2. The number of rotatable bonds is 3. The van der Waals surface area contributed by atoms with Crippen LogP contribution in [0.3, 0.4) is 0 Å². The summed E-state index contributed by atoms with van der Waals surface area (Å²) < 4.78 is 0. The molecule has 1 aliphatic carbocycles. The fourth-order valence-electron chi connectivity index (χ4n) is 4.74. The van der Waals surface area contributed by atoms with E-state index in [4.69, 9.17) is 0 Å². The molecule has 2 N–H and O–H groups in total. The van der Waals surface area contributed by atoms with Gasteiger partial charge in [-0.25, -0.2) is 0 Å². The SMILES string of the molecule is Cl.O=C(c1ccc(NC(=O)[C@@]23CCCC[C@H]2CNC3)cc1)N1CCCC1. The van der Waals surface area contributed by atoms with Gasteiger partial charge in [-0.15, -0.1) is 12.4 Å². The van der Waals surface area contributed by atoms with Crippen LogP contribution in [0.2, 0.25) is 0 Å². The Kier molecular flexibility index (Phi) is 5.88. The number of likely N-dealkylation sites (tertiary alicyclic amines) is 1. The van der Waals surface area contributed by atoms with Gasteiger partial charge in [0.05, 0.1) is 5.41 Å². The maximum Gasteiger partial charge on any atom is 0.253 e. The number of anilines is 1. The maximum absolute atomic E-state index is 13.0. The van der Waals surface area contributed by atoms with Crippen molar-refractivity contribution in [1.29, 1.82) is 0 Å². The first-order valence-corrected chi connectivity index (χ1v) is 9.61. The van der Waals surface area contributed by atoms with E-state index < -0.39 is 0 Å². The number of carbonyl (C=O) groups excluding carboxylic acids is 2. The molecule has 26 heavy (non-hydrogen) atoms. The molecule has 1 aromatic rings. The summed E-state index contributed by atoms with van der Waals surface area (Å²) >= 11 is 0. The highest BCUT2D eigenvalue weighted by molar-refractivity contribution is 5.98. The number of hydrogen-bond acceptors (Lipinski definition) is 3. The van der Waals surface area contributed by atoms with Crippen molar-refractivity contribution < 1.29 is 9.59 Å². The summed E-state index contributed by atoms with van der Waals surface area (Å²) in [4.78, 5) is 27.3. The summed E-state index contributed by atoms with van der Waals surface area (Å²) in [5.41, 5.74) is 1.24. The molecule has 6 heteroatoms. The molecule has 4 rings (SSSR count). The van der Waals surface area contributed by atoms with Crippen molar-refractivity contribution in [3.63, 3.8) is 0 Å². The highest BCUT2D eigenvalue weighted by Gasteiger charge is 2.49. The van der Waals surface area contributed by atoms with Crippen LogP contribution in [-0.4, -0.2) is 42.9 Å². The van der Waals surface area contributed by atoms with Crippen LogP contribution in [0.1, 0.15) is 48.9 Å². The summed E-state index contributed by atoms with van der Waals surface area (Å²) in [6.45, 7) is 3.45. The third kappa shape index (κ3) is 3.47. The molecule has 1 saturated carbocycles. The van der Waals surface area contributed by atoms with Crippen molar-refractivity contribution in [2.75, 3.05) is 31.5 Å². The zero-order valence-corrected chi connectivity index (χ0v) is 15.9. The first-order valence-electron chi connectivity index (χ1n) is 9.61. The van der Waals surface area contributed by atoms with Gasteiger partial charge >= 0.3 is 0 Å². The predicted octanol–water partition coefficient (Wildman–Crippen LogP) is 3.06. The van der Waals surface area contributed by atoms with E-state index in [1.54, 1.807) is 0 Å². The topological polar surface area (TPSA) is 61.4 Å². The molecule has 0 aromatic heterocycles. The Hall–Kier alpha value is -1.59. The molecule has 5 nitrogen and oxygen atoms in total. The molecule has 3 fully saturated rings. The monoisotopic (exact) mass is 377 g/mol. The van der Waals surface area contributed by atoms with Gasteiger partial charge in [0.15, 0.2) is 0 Å². The average molecular weight is 378 g/mol. The van der Waals surface area contributed by atoms with E-state index in [2.05, 4.69) is 10.6 Å². The molecule has 0 spiro atoms. The summed E-state index contributed by atoms with van der Waals surface area (Å²) in [6, 6.07) is 7.38. The van der Waals surface area contributed by atoms with Crippen molar-refractivity contribution in [1.82, 2.24) is 10.2 Å². The van der Waals surface area contributed by atoms with Gasteiger partial charge in [-0.3, -0.25) is 9.59 Å². The number of nitrogens with one attached hydrogen (secondary N) is 2. The Morgan fingerprint density at radius 3 is 2.54 bits per heavy atom. The van der Waals surface area contributed by atoms with E-state index in [0.29, 0.717) is 11.5 Å². The minimum absolute atomic E-state index is 0. The zero-order valence-electron chi connectivity index (χ0n) is 15.1. The normalized spacial score (nSPS) is 27.5.